The molecule has 1 N–H and O–H groups in total. The molecule has 0 heterocycles. The Bertz CT molecular complexity index is 453. The number of benzene rings is 1. The Morgan fingerprint density at radius 1 is 1.30 bits per heavy atom. The lowest BCUT2D eigenvalue weighted by Gasteiger charge is -2.27. The molecule has 1 amide bonds. The zero-order valence-corrected chi connectivity index (χ0v) is 12.4. The average molecular weight is 272 g/mol. The second kappa shape index (κ2) is 7.25. The van der Waals surface area contributed by atoms with Gasteiger partial charge in [-0.2, -0.15) is 0 Å². The molecule has 0 saturated heterocycles. The number of carbonyl (C=O) groups excluding carboxylic acids is 1. The van der Waals surface area contributed by atoms with Crippen LogP contribution in [0.5, 0.6) is 0 Å². The lowest BCUT2D eigenvalue weighted by atomic mass is 10.00. The first-order chi connectivity index (χ1) is 9.66. The Morgan fingerprint density at radius 3 is 2.65 bits per heavy atom. The highest BCUT2D eigenvalue weighted by Crippen LogP contribution is 2.12. The molecular weight excluding hydrogens is 248 g/mol. The van der Waals surface area contributed by atoms with Crippen LogP contribution in [0.3, 0.4) is 0 Å². The number of hydrogen-bond acceptors (Lipinski definition) is 2. The Morgan fingerprint density at radius 2 is 2.05 bits per heavy atom. The van der Waals surface area contributed by atoms with Crippen molar-refractivity contribution in [2.45, 2.75) is 37.8 Å². The first-order valence-corrected chi connectivity index (χ1v) is 7.32. The second-order valence-electron chi connectivity index (χ2n) is 5.66. The molecule has 0 aliphatic heterocycles. The summed E-state index contributed by atoms with van der Waals surface area (Å²) in [4.78, 5) is 14.5. The van der Waals surface area contributed by atoms with Gasteiger partial charge in [-0.15, -0.1) is 0 Å². The van der Waals surface area contributed by atoms with Gasteiger partial charge in [0.15, 0.2) is 0 Å². The SMILES string of the molecule is CN(C)C(Cc1ccccc1)C(=O)NC1CC=CCC1. The standard InChI is InChI=1S/C17H24N2O/c1-19(2)16(13-14-9-5-3-6-10-14)17(20)18-15-11-7-4-8-12-15/h3-7,9-10,15-16H,8,11-13H2,1-2H3,(H,18,20). The van der Waals surface area contributed by atoms with Crippen molar-refractivity contribution in [3.8, 4) is 0 Å². The van der Waals surface area contributed by atoms with Crippen molar-refractivity contribution in [3.63, 3.8) is 0 Å². The van der Waals surface area contributed by atoms with Gasteiger partial charge in [-0.1, -0.05) is 42.5 Å². The summed E-state index contributed by atoms with van der Waals surface area (Å²) in [6.07, 6.45) is 8.18. The number of nitrogens with one attached hydrogen (secondary N) is 1. The maximum Gasteiger partial charge on any atom is 0.237 e. The van der Waals surface area contributed by atoms with Crippen LogP contribution < -0.4 is 5.32 Å². The molecule has 2 rings (SSSR count). The Hall–Kier alpha value is -1.61. The lowest BCUT2D eigenvalue weighted by molar-refractivity contribution is -0.126. The van der Waals surface area contributed by atoms with Gasteiger partial charge in [0.1, 0.15) is 0 Å². The van der Waals surface area contributed by atoms with Crippen molar-refractivity contribution in [2.24, 2.45) is 0 Å². The van der Waals surface area contributed by atoms with Crippen molar-refractivity contribution in [2.75, 3.05) is 14.1 Å². The molecule has 3 nitrogen and oxygen atoms in total. The molecule has 1 aliphatic carbocycles. The predicted molar refractivity (Wildman–Crippen MR) is 82.5 cm³/mol. The third-order valence-electron chi connectivity index (χ3n) is 3.81. The highest BCUT2D eigenvalue weighted by atomic mass is 16.2. The quantitative estimate of drug-likeness (QED) is 0.835. The van der Waals surface area contributed by atoms with E-state index in [0.29, 0.717) is 6.04 Å². The van der Waals surface area contributed by atoms with Gasteiger partial charge in [0.2, 0.25) is 5.91 Å². The zero-order chi connectivity index (χ0) is 14.4. The molecule has 1 aliphatic rings. The molecule has 2 atom stereocenters. The first kappa shape index (κ1) is 14.8. The van der Waals surface area contributed by atoms with Crippen molar-refractivity contribution in [3.05, 3.63) is 48.0 Å². The van der Waals surface area contributed by atoms with Crippen molar-refractivity contribution < 1.29 is 4.79 Å². The van der Waals surface area contributed by atoms with E-state index in [1.54, 1.807) is 0 Å². The van der Waals surface area contributed by atoms with Crippen molar-refractivity contribution >= 4 is 5.91 Å². The summed E-state index contributed by atoms with van der Waals surface area (Å²) in [5.41, 5.74) is 1.20. The fraction of sp³-hybridized carbons (Fsp3) is 0.471. The van der Waals surface area contributed by atoms with E-state index in [4.69, 9.17) is 0 Å². The van der Waals surface area contributed by atoms with E-state index >= 15 is 0 Å². The number of allylic oxidation sites excluding steroid dienone is 1. The number of rotatable bonds is 5. The fourth-order valence-corrected chi connectivity index (χ4v) is 2.57. The molecule has 108 valence electrons. The molecule has 0 bridgehead atoms. The van der Waals surface area contributed by atoms with Crippen LogP contribution in [0.25, 0.3) is 0 Å². The highest BCUT2D eigenvalue weighted by molar-refractivity contribution is 5.82. The Labute approximate surface area is 121 Å². The summed E-state index contributed by atoms with van der Waals surface area (Å²) in [6.45, 7) is 0. The van der Waals surface area contributed by atoms with Gasteiger partial charge in [-0.3, -0.25) is 9.69 Å². The van der Waals surface area contributed by atoms with E-state index in [-0.39, 0.29) is 11.9 Å². The summed E-state index contributed by atoms with van der Waals surface area (Å²) >= 11 is 0. The minimum atomic E-state index is -0.108. The molecule has 0 aromatic heterocycles. The highest BCUT2D eigenvalue weighted by Gasteiger charge is 2.23. The van der Waals surface area contributed by atoms with Gasteiger partial charge in [-0.05, 0) is 45.3 Å². The number of carbonyl (C=O) groups is 1. The van der Waals surface area contributed by atoms with Crippen LogP contribution in [0.15, 0.2) is 42.5 Å². The van der Waals surface area contributed by atoms with Crippen LogP contribution in [0.4, 0.5) is 0 Å². The normalized spacial score (nSPS) is 19.9. The van der Waals surface area contributed by atoms with Gasteiger partial charge >= 0.3 is 0 Å². The molecule has 0 fully saturated rings. The zero-order valence-electron chi connectivity index (χ0n) is 12.4. The minimum absolute atomic E-state index is 0.108. The molecule has 0 saturated carbocycles. The van der Waals surface area contributed by atoms with Gasteiger partial charge in [0.25, 0.3) is 0 Å². The number of nitrogens with zero attached hydrogens (tertiary/aromatic N) is 1. The molecule has 3 heteroatoms. The molecule has 1 aromatic rings. The lowest BCUT2D eigenvalue weighted by Crippen LogP contribution is -2.48. The van der Waals surface area contributed by atoms with E-state index in [1.165, 1.54) is 5.56 Å². The maximum absolute atomic E-state index is 12.5. The average Bonchev–Trinajstić information content (AvgIpc) is 2.46. The van der Waals surface area contributed by atoms with Crippen LogP contribution in [0, 0.1) is 0 Å². The van der Waals surface area contributed by atoms with Crippen molar-refractivity contribution in [1.29, 1.82) is 0 Å². The van der Waals surface area contributed by atoms with Crippen molar-refractivity contribution in [1.82, 2.24) is 10.2 Å². The molecular formula is C17H24N2O. The van der Waals surface area contributed by atoms with E-state index in [2.05, 4.69) is 29.6 Å². The summed E-state index contributed by atoms with van der Waals surface area (Å²) in [5, 5.41) is 3.19. The Kier molecular flexibility index (Phi) is 5.36. The second-order valence-corrected chi connectivity index (χ2v) is 5.66. The topological polar surface area (TPSA) is 32.3 Å². The third kappa shape index (κ3) is 4.20. The van der Waals surface area contributed by atoms with Gasteiger partial charge in [0.05, 0.1) is 6.04 Å². The summed E-state index contributed by atoms with van der Waals surface area (Å²) in [5.74, 6) is 0.138. The number of hydrogen-bond donors (Lipinski definition) is 1. The molecule has 0 spiro atoms. The van der Waals surface area contributed by atoms with Gasteiger partial charge in [-0.25, -0.2) is 0 Å². The van der Waals surface area contributed by atoms with Gasteiger partial charge < -0.3 is 5.32 Å². The van der Waals surface area contributed by atoms with E-state index < -0.39 is 0 Å². The predicted octanol–water partition coefficient (Wildman–Crippen LogP) is 2.38. The smallest absolute Gasteiger partial charge is 0.237 e. The summed E-state index contributed by atoms with van der Waals surface area (Å²) in [7, 11) is 3.93. The monoisotopic (exact) mass is 272 g/mol. The molecule has 1 aromatic carbocycles. The Balaban J connectivity index is 1.97. The van der Waals surface area contributed by atoms with Crippen LogP contribution in [0.2, 0.25) is 0 Å². The van der Waals surface area contributed by atoms with E-state index in [9.17, 15) is 4.79 Å². The largest absolute Gasteiger partial charge is 0.352 e. The van der Waals surface area contributed by atoms with Crippen LogP contribution in [-0.2, 0) is 11.2 Å². The number of amides is 1. The molecule has 20 heavy (non-hydrogen) atoms. The fourth-order valence-electron chi connectivity index (χ4n) is 2.57. The minimum Gasteiger partial charge on any atom is -0.352 e. The van der Waals surface area contributed by atoms with Crippen LogP contribution in [0.1, 0.15) is 24.8 Å². The molecule has 0 radical (unpaired) electrons. The van der Waals surface area contributed by atoms with Crippen LogP contribution >= 0.6 is 0 Å². The number of likely N-dealkylation sites (N-methyl/N-ethyl adjacent to an activating group) is 1. The molecule has 2 unspecified atom stereocenters. The summed E-state index contributed by atoms with van der Waals surface area (Å²) in [6, 6.07) is 10.4. The van der Waals surface area contributed by atoms with E-state index in [0.717, 1.165) is 25.7 Å². The van der Waals surface area contributed by atoms with Gasteiger partial charge in [0, 0.05) is 6.04 Å². The van der Waals surface area contributed by atoms with E-state index in [1.807, 2.05) is 37.2 Å². The van der Waals surface area contributed by atoms with Crippen LogP contribution in [-0.4, -0.2) is 37.0 Å². The first-order valence-electron chi connectivity index (χ1n) is 7.32. The third-order valence-corrected chi connectivity index (χ3v) is 3.81. The summed E-state index contributed by atoms with van der Waals surface area (Å²) < 4.78 is 0. The maximum atomic E-state index is 12.5.